The van der Waals surface area contributed by atoms with Gasteiger partial charge in [-0.25, -0.2) is 9.74 Å². The molecule has 0 spiro atoms. The number of aliphatic hydroxyl groups excluding tert-OH is 1. The molecule has 0 bridgehead atoms. The van der Waals surface area contributed by atoms with E-state index < -0.39 is 6.23 Å². The van der Waals surface area contributed by atoms with Crippen molar-refractivity contribution in [2.75, 3.05) is 19.8 Å². The maximum Gasteiger partial charge on any atom is 0.263 e. The molecular weight excluding hydrogens is 288 g/mol. The average Bonchev–Trinajstić information content (AvgIpc) is 2.80. The van der Waals surface area contributed by atoms with Crippen LogP contribution < -0.4 is 0 Å². The van der Waals surface area contributed by atoms with Gasteiger partial charge in [-0.1, -0.05) is 17.4 Å². The molecule has 1 fully saturated rings. The van der Waals surface area contributed by atoms with Crippen molar-refractivity contribution in [2.45, 2.75) is 25.5 Å². The number of imide groups is 1. The lowest BCUT2D eigenvalue weighted by Crippen LogP contribution is -2.49. The molecule has 1 atom stereocenters. The fourth-order valence-electron chi connectivity index (χ4n) is 2.59. The summed E-state index contributed by atoms with van der Waals surface area (Å²) in [5, 5.41) is 10.1. The Labute approximate surface area is 127 Å². The Hall–Kier alpha value is -1.80. The van der Waals surface area contributed by atoms with Crippen molar-refractivity contribution < 1.29 is 24.4 Å². The third kappa shape index (κ3) is 2.76. The Morgan fingerprint density at radius 1 is 1.14 bits per heavy atom. The molecular formula is C15H18N2O5. The second-order valence-electron chi connectivity index (χ2n) is 5.19. The second-order valence-corrected chi connectivity index (χ2v) is 5.19. The monoisotopic (exact) mass is 306 g/mol. The topological polar surface area (TPSA) is 79.3 Å². The molecule has 1 N–H and O–H groups in total. The first-order valence-electron chi connectivity index (χ1n) is 7.37. The van der Waals surface area contributed by atoms with Gasteiger partial charge in [-0.05, 0) is 25.0 Å². The molecule has 1 aromatic carbocycles. The summed E-state index contributed by atoms with van der Waals surface area (Å²) in [5.41, 5.74) is 0.823. The molecule has 1 unspecified atom stereocenters. The Morgan fingerprint density at radius 3 is 2.45 bits per heavy atom. The molecule has 2 aliphatic rings. The van der Waals surface area contributed by atoms with Crippen LogP contribution in [0.3, 0.4) is 0 Å². The highest BCUT2D eigenvalue weighted by molar-refractivity contribution is 6.21. The van der Waals surface area contributed by atoms with Crippen molar-refractivity contribution in [3.8, 4) is 0 Å². The molecule has 1 aromatic rings. The number of fused-ring (bicyclic) bond motifs is 1. The van der Waals surface area contributed by atoms with Crippen LogP contribution in [0.5, 0.6) is 0 Å². The van der Waals surface area contributed by atoms with Gasteiger partial charge in [0.05, 0.1) is 24.3 Å². The van der Waals surface area contributed by atoms with Crippen molar-refractivity contribution in [3.05, 3.63) is 35.4 Å². The van der Waals surface area contributed by atoms with E-state index in [4.69, 9.17) is 14.8 Å². The van der Waals surface area contributed by atoms with Crippen LogP contribution in [0, 0.1) is 0 Å². The number of unbranched alkanes of at least 4 members (excludes halogenated alkanes) is 1. The van der Waals surface area contributed by atoms with Gasteiger partial charge in [0.15, 0.2) is 6.23 Å². The number of carbonyl (C=O) groups is 2. The molecule has 1 saturated heterocycles. The number of amides is 2. The molecule has 7 heteroatoms. The van der Waals surface area contributed by atoms with Crippen molar-refractivity contribution >= 4 is 11.8 Å². The number of hydrogen-bond acceptors (Lipinski definition) is 6. The molecule has 22 heavy (non-hydrogen) atoms. The van der Waals surface area contributed by atoms with E-state index >= 15 is 0 Å². The number of benzene rings is 1. The summed E-state index contributed by atoms with van der Waals surface area (Å²) in [6, 6.07) is 6.76. The smallest absolute Gasteiger partial charge is 0.263 e. The lowest BCUT2D eigenvalue weighted by Gasteiger charge is -2.35. The van der Waals surface area contributed by atoms with Crippen molar-refractivity contribution in [2.24, 2.45) is 0 Å². The number of hydroxylamine groups is 2. The molecule has 3 rings (SSSR count). The predicted molar refractivity (Wildman–Crippen MR) is 75.4 cm³/mol. The minimum absolute atomic E-state index is 0.107. The Balaban J connectivity index is 1.69. The molecule has 118 valence electrons. The van der Waals surface area contributed by atoms with E-state index in [1.807, 2.05) is 0 Å². The summed E-state index contributed by atoms with van der Waals surface area (Å²) >= 11 is 0. The fourth-order valence-corrected chi connectivity index (χ4v) is 2.59. The van der Waals surface area contributed by atoms with Gasteiger partial charge in [0, 0.05) is 13.0 Å². The lowest BCUT2D eigenvalue weighted by molar-refractivity contribution is -0.424. The second kappa shape index (κ2) is 6.53. The number of nitrogens with zero attached hydrogens (tertiary/aromatic N) is 2. The van der Waals surface area contributed by atoms with E-state index in [1.54, 1.807) is 24.3 Å². The van der Waals surface area contributed by atoms with E-state index in [-0.39, 0.29) is 18.4 Å². The van der Waals surface area contributed by atoms with E-state index in [0.29, 0.717) is 43.5 Å². The number of aliphatic hydroxyl groups is 1. The summed E-state index contributed by atoms with van der Waals surface area (Å²) in [6.45, 7) is 0.951. The zero-order chi connectivity index (χ0) is 15.5. The van der Waals surface area contributed by atoms with Crippen LogP contribution in [0.4, 0.5) is 0 Å². The van der Waals surface area contributed by atoms with Crippen molar-refractivity contribution in [1.29, 1.82) is 0 Å². The zero-order valence-electron chi connectivity index (χ0n) is 12.1. The Bertz CT molecular complexity index is 542. The number of carbonyl (C=O) groups excluding carboxylic acids is 2. The maximum atomic E-state index is 12.4. The van der Waals surface area contributed by atoms with Gasteiger partial charge in [-0.3, -0.25) is 14.4 Å². The molecule has 0 aromatic heterocycles. The summed E-state index contributed by atoms with van der Waals surface area (Å²) in [5.74, 6) is -0.661. The van der Waals surface area contributed by atoms with Crippen molar-refractivity contribution in [3.63, 3.8) is 0 Å². The largest absolute Gasteiger partial charge is 0.396 e. The van der Waals surface area contributed by atoms with Crippen LogP contribution in [-0.2, 0) is 9.68 Å². The highest BCUT2D eigenvalue weighted by atomic mass is 17.0. The normalized spacial score (nSPS) is 22.2. The van der Waals surface area contributed by atoms with Gasteiger partial charge in [0.25, 0.3) is 11.8 Å². The standard InChI is InChI=1S/C15H18N2O5/c18-9-4-3-8-16-21-10-7-13(22-16)17-14(19)11-5-1-2-6-12(11)15(17)20/h1-2,5-6,13,18H,3-4,7-10H2. The third-order valence-electron chi connectivity index (χ3n) is 3.70. The van der Waals surface area contributed by atoms with Gasteiger partial charge in [0.1, 0.15) is 0 Å². The van der Waals surface area contributed by atoms with E-state index in [9.17, 15) is 9.59 Å². The van der Waals surface area contributed by atoms with Crippen LogP contribution in [0.25, 0.3) is 0 Å². The molecule has 7 nitrogen and oxygen atoms in total. The first kappa shape index (κ1) is 15.1. The third-order valence-corrected chi connectivity index (χ3v) is 3.70. The minimum atomic E-state index is -0.657. The van der Waals surface area contributed by atoms with Crippen LogP contribution >= 0.6 is 0 Å². The SMILES string of the molecule is O=C1c2ccccc2C(=O)N1C1CCON(CCCCO)O1. The Morgan fingerprint density at radius 2 is 1.82 bits per heavy atom. The molecule has 2 heterocycles. The maximum absolute atomic E-state index is 12.4. The van der Waals surface area contributed by atoms with Gasteiger partial charge in [-0.2, -0.15) is 0 Å². The first-order valence-corrected chi connectivity index (χ1v) is 7.37. The summed E-state index contributed by atoms with van der Waals surface area (Å²) < 4.78 is 0. The van der Waals surface area contributed by atoms with Crippen LogP contribution in [-0.4, -0.2) is 53.0 Å². The quantitative estimate of drug-likeness (QED) is 0.644. The van der Waals surface area contributed by atoms with Crippen LogP contribution in [0.15, 0.2) is 24.3 Å². The summed E-state index contributed by atoms with van der Waals surface area (Å²) in [7, 11) is 0. The van der Waals surface area contributed by atoms with E-state index in [2.05, 4.69) is 0 Å². The van der Waals surface area contributed by atoms with E-state index in [0.717, 1.165) is 4.90 Å². The molecule has 0 saturated carbocycles. The van der Waals surface area contributed by atoms with Gasteiger partial charge in [-0.15, -0.1) is 0 Å². The highest BCUT2D eigenvalue weighted by Gasteiger charge is 2.42. The number of hydrogen-bond donors (Lipinski definition) is 1. The summed E-state index contributed by atoms with van der Waals surface area (Å²) in [6.07, 6.45) is 1.11. The number of rotatable bonds is 5. The van der Waals surface area contributed by atoms with Gasteiger partial charge >= 0.3 is 0 Å². The highest BCUT2D eigenvalue weighted by Crippen LogP contribution is 2.27. The lowest BCUT2D eigenvalue weighted by atomic mass is 10.1. The minimum Gasteiger partial charge on any atom is -0.396 e. The average molecular weight is 306 g/mol. The first-order chi connectivity index (χ1) is 10.7. The Kier molecular flexibility index (Phi) is 4.49. The van der Waals surface area contributed by atoms with Crippen molar-refractivity contribution in [1.82, 2.24) is 10.1 Å². The molecule has 0 radical (unpaired) electrons. The summed E-state index contributed by atoms with van der Waals surface area (Å²) in [4.78, 5) is 36.9. The fraction of sp³-hybridized carbons (Fsp3) is 0.467. The van der Waals surface area contributed by atoms with Gasteiger partial charge in [0.2, 0.25) is 0 Å². The van der Waals surface area contributed by atoms with E-state index in [1.165, 1.54) is 5.23 Å². The van der Waals surface area contributed by atoms with Crippen LogP contribution in [0.1, 0.15) is 40.0 Å². The predicted octanol–water partition coefficient (Wildman–Crippen LogP) is 0.950. The zero-order valence-corrected chi connectivity index (χ0v) is 12.1. The van der Waals surface area contributed by atoms with Crippen LogP contribution in [0.2, 0.25) is 0 Å². The molecule has 2 aliphatic heterocycles. The molecule has 2 amide bonds. The van der Waals surface area contributed by atoms with Gasteiger partial charge < -0.3 is 5.11 Å². The molecule has 0 aliphatic carbocycles.